The number of oxazole rings is 1. The smallest absolute Gasteiger partial charge is 0.322 e. The highest BCUT2D eigenvalue weighted by atomic mass is 16.5. The zero-order valence-electron chi connectivity index (χ0n) is 20.3. The van der Waals surface area contributed by atoms with E-state index in [1.807, 2.05) is 92.0 Å². The molecule has 0 bridgehead atoms. The molecule has 1 unspecified atom stereocenters. The van der Waals surface area contributed by atoms with Gasteiger partial charge < -0.3 is 18.8 Å². The number of nitrogens with zero attached hydrogens (tertiary/aromatic N) is 3. The van der Waals surface area contributed by atoms with Gasteiger partial charge in [-0.3, -0.25) is 4.79 Å². The van der Waals surface area contributed by atoms with Crippen LogP contribution in [0.3, 0.4) is 0 Å². The summed E-state index contributed by atoms with van der Waals surface area (Å²) in [6.45, 7) is 3.25. The zero-order valence-corrected chi connectivity index (χ0v) is 20.3. The van der Waals surface area contributed by atoms with Crippen LogP contribution in [0, 0.1) is 6.92 Å². The van der Waals surface area contributed by atoms with Gasteiger partial charge in [-0.15, -0.1) is 0 Å². The van der Waals surface area contributed by atoms with Gasteiger partial charge in [-0.2, -0.15) is 0 Å². The van der Waals surface area contributed by atoms with E-state index in [2.05, 4.69) is 14.9 Å². The van der Waals surface area contributed by atoms with Gasteiger partial charge in [0.1, 0.15) is 23.5 Å². The lowest BCUT2D eigenvalue weighted by atomic mass is 9.81. The highest BCUT2D eigenvalue weighted by molar-refractivity contribution is 5.86. The highest BCUT2D eigenvalue weighted by Crippen LogP contribution is 2.34. The second-order valence-electron chi connectivity index (χ2n) is 8.73. The number of aryl methyl sites for hydroxylation is 1. The molecule has 2 aromatic carbocycles. The predicted molar refractivity (Wildman–Crippen MR) is 135 cm³/mol. The number of pyridine rings is 1. The van der Waals surface area contributed by atoms with Crippen LogP contribution >= 0.6 is 0 Å². The van der Waals surface area contributed by atoms with Crippen LogP contribution < -0.4 is 4.74 Å². The highest BCUT2D eigenvalue weighted by Gasteiger charge is 2.43. The third kappa shape index (κ3) is 4.73. The van der Waals surface area contributed by atoms with Crippen molar-refractivity contribution in [3.05, 3.63) is 114 Å². The Morgan fingerprint density at radius 3 is 2.50 bits per heavy atom. The topological polar surface area (TPSA) is 77.7 Å². The summed E-state index contributed by atoms with van der Waals surface area (Å²) in [5.74, 6) is 1.53. The summed E-state index contributed by atoms with van der Waals surface area (Å²) in [6.07, 6.45) is 5.66. The average molecular weight is 482 g/mol. The molecular formula is C29H27N3O4. The standard InChI is InChI=1S/C29H27N3O4/c1-21-25(31-27(36-21)23-9-5-3-6-10-23)19-35-26-14-13-22(17-30-26)18-32-16-15-29(20-32,28(33)34-2)24-11-7-4-8-12-24/h3-17H,18-20H2,1-2H3. The van der Waals surface area contributed by atoms with E-state index in [1.54, 1.807) is 6.20 Å². The summed E-state index contributed by atoms with van der Waals surface area (Å²) < 4.78 is 16.8. The van der Waals surface area contributed by atoms with Gasteiger partial charge in [0, 0.05) is 30.9 Å². The van der Waals surface area contributed by atoms with Crippen LogP contribution in [0.15, 0.2) is 95.7 Å². The SMILES string of the molecule is COC(=O)C1(c2ccccc2)C=CN(Cc2ccc(OCc3nc(-c4ccccc4)oc3C)nc2)C1. The quantitative estimate of drug-likeness (QED) is 0.325. The molecule has 1 atom stereocenters. The number of esters is 1. The van der Waals surface area contributed by atoms with Gasteiger partial charge in [0.25, 0.3) is 0 Å². The molecule has 0 amide bonds. The number of carbonyl (C=O) groups is 1. The van der Waals surface area contributed by atoms with Crippen molar-refractivity contribution in [3.8, 4) is 17.3 Å². The molecule has 5 rings (SSSR count). The van der Waals surface area contributed by atoms with Gasteiger partial charge in [-0.1, -0.05) is 54.6 Å². The fourth-order valence-corrected chi connectivity index (χ4v) is 4.36. The van der Waals surface area contributed by atoms with Crippen LogP contribution in [0.4, 0.5) is 0 Å². The van der Waals surface area contributed by atoms with Crippen molar-refractivity contribution in [1.29, 1.82) is 0 Å². The molecule has 0 radical (unpaired) electrons. The number of benzene rings is 2. The van der Waals surface area contributed by atoms with Crippen molar-refractivity contribution in [2.45, 2.75) is 25.5 Å². The van der Waals surface area contributed by atoms with E-state index in [0.717, 1.165) is 28.1 Å². The Kier molecular flexibility index (Phi) is 6.54. The Bertz CT molecular complexity index is 1350. The third-order valence-electron chi connectivity index (χ3n) is 6.31. The largest absolute Gasteiger partial charge is 0.471 e. The molecule has 0 fully saturated rings. The van der Waals surface area contributed by atoms with E-state index in [1.165, 1.54) is 7.11 Å². The summed E-state index contributed by atoms with van der Waals surface area (Å²) in [6, 6.07) is 23.3. The van der Waals surface area contributed by atoms with Crippen molar-refractivity contribution in [2.75, 3.05) is 13.7 Å². The average Bonchev–Trinajstić information content (AvgIpc) is 3.53. The van der Waals surface area contributed by atoms with E-state index in [-0.39, 0.29) is 12.6 Å². The van der Waals surface area contributed by atoms with Crippen LogP contribution in [-0.4, -0.2) is 34.5 Å². The number of methoxy groups -OCH3 is 1. The van der Waals surface area contributed by atoms with Gasteiger partial charge in [0.15, 0.2) is 0 Å². The fraction of sp³-hybridized carbons (Fsp3) is 0.207. The molecule has 7 nitrogen and oxygen atoms in total. The molecule has 4 aromatic rings. The fourth-order valence-electron chi connectivity index (χ4n) is 4.36. The molecule has 0 saturated carbocycles. The molecule has 182 valence electrons. The maximum Gasteiger partial charge on any atom is 0.322 e. The number of rotatable bonds is 8. The predicted octanol–water partition coefficient (Wildman–Crippen LogP) is 5.06. The molecule has 0 spiro atoms. The van der Waals surface area contributed by atoms with E-state index in [9.17, 15) is 4.79 Å². The molecule has 36 heavy (non-hydrogen) atoms. The van der Waals surface area contributed by atoms with Crippen LogP contribution in [0.1, 0.15) is 22.6 Å². The van der Waals surface area contributed by atoms with Crippen LogP contribution in [0.5, 0.6) is 5.88 Å². The number of hydrogen-bond donors (Lipinski definition) is 0. The van der Waals surface area contributed by atoms with Crippen molar-refractivity contribution >= 4 is 5.97 Å². The molecule has 1 aliphatic heterocycles. The Balaban J connectivity index is 1.21. The summed E-state index contributed by atoms with van der Waals surface area (Å²) in [4.78, 5) is 23.8. The van der Waals surface area contributed by atoms with Crippen molar-refractivity contribution in [2.24, 2.45) is 0 Å². The molecule has 3 heterocycles. The summed E-state index contributed by atoms with van der Waals surface area (Å²) in [7, 11) is 1.43. The Morgan fingerprint density at radius 2 is 1.81 bits per heavy atom. The maximum atomic E-state index is 12.7. The number of hydrogen-bond acceptors (Lipinski definition) is 7. The van der Waals surface area contributed by atoms with E-state index < -0.39 is 5.41 Å². The molecule has 2 aromatic heterocycles. The minimum Gasteiger partial charge on any atom is -0.471 e. The van der Waals surface area contributed by atoms with Crippen molar-refractivity contribution in [3.63, 3.8) is 0 Å². The molecule has 0 N–H and O–H groups in total. The lowest BCUT2D eigenvalue weighted by Crippen LogP contribution is -2.40. The van der Waals surface area contributed by atoms with Crippen LogP contribution in [-0.2, 0) is 28.1 Å². The van der Waals surface area contributed by atoms with Crippen LogP contribution in [0.25, 0.3) is 11.5 Å². The Hall–Kier alpha value is -4.39. The van der Waals surface area contributed by atoms with Crippen molar-refractivity contribution < 1.29 is 18.7 Å². The molecular weight excluding hydrogens is 454 g/mol. The minimum atomic E-state index is -0.819. The zero-order chi connectivity index (χ0) is 25.0. The normalized spacial score (nSPS) is 16.8. The third-order valence-corrected chi connectivity index (χ3v) is 6.31. The van der Waals surface area contributed by atoms with Crippen LogP contribution in [0.2, 0.25) is 0 Å². The van der Waals surface area contributed by atoms with Gasteiger partial charge in [0.2, 0.25) is 11.8 Å². The second-order valence-corrected chi connectivity index (χ2v) is 8.73. The number of carbonyl (C=O) groups excluding carboxylic acids is 1. The van der Waals surface area contributed by atoms with E-state index >= 15 is 0 Å². The van der Waals surface area contributed by atoms with E-state index in [4.69, 9.17) is 13.9 Å². The Morgan fingerprint density at radius 1 is 1.06 bits per heavy atom. The maximum absolute atomic E-state index is 12.7. The molecule has 7 heteroatoms. The van der Waals surface area contributed by atoms with Gasteiger partial charge in [-0.25, -0.2) is 9.97 Å². The summed E-state index contributed by atoms with van der Waals surface area (Å²) in [5.41, 5.74) is 2.76. The monoisotopic (exact) mass is 481 g/mol. The lowest BCUT2D eigenvalue weighted by molar-refractivity contribution is -0.145. The molecule has 0 saturated heterocycles. The Labute approximate surface area is 210 Å². The van der Waals surface area contributed by atoms with E-state index in [0.29, 0.717) is 24.9 Å². The van der Waals surface area contributed by atoms with Crippen molar-refractivity contribution in [1.82, 2.24) is 14.9 Å². The minimum absolute atomic E-state index is 0.266. The first-order valence-corrected chi connectivity index (χ1v) is 11.7. The lowest BCUT2D eigenvalue weighted by Gasteiger charge is -2.27. The first kappa shape index (κ1) is 23.4. The molecule has 1 aliphatic rings. The number of aromatic nitrogens is 2. The molecule has 0 aliphatic carbocycles. The van der Waals surface area contributed by atoms with Gasteiger partial charge >= 0.3 is 5.97 Å². The van der Waals surface area contributed by atoms with Gasteiger partial charge in [-0.05, 0) is 42.5 Å². The number of ether oxygens (including phenoxy) is 2. The summed E-state index contributed by atoms with van der Waals surface area (Å²) >= 11 is 0. The van der Waals surface area contributed by atoms with Gasteiger partial charge in [0.05, 0.1) is 7.11 Å². The first-order chi connectivity index (χ1) is 17.6. The summed E-state index contributed by atoms with van der Waals surface area (Å²) in [5, 5.41) is 0. The first-order valence-electron chi connectivity index (χ1n) is 11.7. The second kappa shape index (κ2) is 10.1.